The van der Waals surface area contributed by atoms with Gasteiger partial charge in [-0.25, -0.2) is 0 Å². The molecule has 2 nitrogen and oxygen atoms in total. The van der Waals surface area contributed by atoms with Crippen molar-refractivity contribution >= 4 is 11.5 Å². The number of fused-ring (bicyclic) bond motifs is 1. The van der Waals surface area contributed by atoms with Gasteiger partial charge in [0.25, 0.3) is 0 Å². The van der Waals surface area contributed by atoms with Gasteiger partial charge in [0.05, 0.1) is 0 Å². The van der Waals surface area contributed by atoms with Crippen LogP contribution in [0.4, 0.5) is 5.69 Å². The van der Waals surface area contributed by atoms with Crippen LogP contribution in [0.5, 0.6) is 0 Å². The zero-order valence-corrected chi connectivity index (χ0v) is 12.0. The Morgan fingerprint density at radius 1 is 0.950 bits per heavy atom. The number of Topliss-reactive ketones (excluding diaryl/α,β-unsaturated/α-hetero) is 1. The number of anilines is 1. The molecule has 0 radical (unpaired) electrons. The molecule has 0 heterocycles. The summed E-state index contributed by atoms with van der Waals surface area (Å²) in [4.78, 5) is 14.2. The van der Waals surface area contributed by atoms with Crippen LogP contribution in [0.3, 0.4) is 0 Å². The summed E-state index contributed by atoms with van der Waals surface area (Å²) in [5.41, 5.74) is 5.60. The third kappa shape index (κ3) is 2.22. The first-order valence-corrected chi connectivity index (χ1v) is 7.09. The van der Waals surface area contributed by atoms with Gasteiger partial charge in [0.1, 0.15) is 0 Å². The van der Waals surface area contributed by atoms with Crippen molar-refractivity contribution in [3.05, 3.63) is 53.6 Å². The predicted octanol–water partition coefficient (Wildman–Crippen LogP) is 3.94. The van der Waals surface area contributed by atoms with Gasteiger partial charge in [0.2, 0.25) is 0 Å². The minimum absolute atomic E-state index is 0.287. The molecule has 0 aromatic heterocycles. The zero-order valence-electron chi connectivity index (χ0n) is 12.0. The van der Waals surface area contributed by atoms with Crippen LogP contribution in [-0.4, -0.2) is 19.9 Å². The Labute approximate surface area is 120 Å². The number of hydrogen-bond acceptors (Lipinski definition) is 2. The third-order valence-electron chi connectivity index (χ3n) is 3.96. The summed E-state index contributed by atoms with van der Waals surface area (Å²) in [6.07, 6.45) is 2.70. The Morgan fingerprint density at radius 2 is 1.75 bits per heavy atom. The quantitative estimate of drug-likeness (QED) is 0.819. The van der Waals surface area contributed by atoms with Gasteiger partial charge in [-0.2, -0.15) is 0 Å². The lowest BCUT2D eigenvalue weighted by Crippen LogP contribution is -2.12. The predicted molar refractivity (Wildman–Crippen MR) is 83.5 cm³/mol. The molecule has 2 heteroatoms. The maximum absolute atomic E-state index is 12.1. The minimum Gasteiger partial charge on any atom is -0.377 e. The van der Waals surface area contributed by atoms with Gasteiger partial charge < -0.3 is 4.90 Å². The van der Waals surface area contributed by atoms with Crippen molar-refractivity contribution in [3.63, 3.8) is 0 Å². The first-order valence-electron chi connectivity index (χ1n) is 7.09. The van der Waals surface area contributed by atoms with E-state index in [0.29, 0.717) is 6.42 Å². The standard InChI is InChI=1S/C18H19NO/c1-19(2)17-8-4-3-7-15(17)14-11-10-13-6-5-9-18(20)16(13)12-14/h3-4,7-8,10-12H,5-6,9H2,1-2H3. The van der Waals surface area contributed by atoms with E-state index in [1.165, 1.54) is 16.8 Å². The molecule has 2 aromatic rings. The maximum Gasteiger partial charge on any atom is 0.163 e. The summed E-state index contributed by atoms with van der Waals surface area (Å²) in [7, 11) is 4.09. The number of benzene rings is 2. The van der Waals surface area contributed by atoms with Crippen LogP contribution in [0.15, 0.2) is 42.5 Å². The van der Waals surface area contributed by atoms with Gasteiger partial charge in [-0.3, -0.25) is 4.79 Å². The maximum atomic E-state index is 12.1. The van der Waals surface area contributed by atoms with Crippen LogP contribution in [0.2, 0.25) is 0 Å². The van der Waals surface area contributed by atoms with E-state index >= 15 is 0 Å². The van der Waals surface area contributed by atoms with Crippen LogP contribution in [0.1, 0.15) is 28.8 Å². The molecule has 0 atom stereocenters. The second-order valence-electron chi connectivity index (χ2n) is 5.56. The van der Waals surface area contributed by atoms with E-state index < -0.39 is 0 Å². The summed E-state index contributed by atoms with van der Waals surface area (Å²) in [5.74, 6) is 0.287. The number of hydrogen-bond donors (Lipinski definition) is 0. The first-order chi connectivity index (χ1) is 9.66. The van der Waals surface area contributed by atoms with Gasteiger partial charge >= 0.3 is 0 Å². The molecule has 0 bridgehead atoms. The van der Waals surface area contributed by atoms with Gasteiger partial charge in [0.15, 0.2) is 5.78 Å². The van der Waals surface area contributed by atoms with E-state index in [-0.39, 0.29) is 5.78 Å². The highest BCUT2D eigenvalue weighted by molar-refractivity contribution is 6.00. The number of aryl methyl sites for hydroxylation is 1. The fourth-order valence-corrected chi connectivity index (χ4v) is 2.90. The molecule has 2 aromatic carbocycles. The largest absolute Gasteiger partial charge is 0.377 e. The Kier molecular flexibility index (Phi) is 3.31. The molecule has 102 valence electrons. The summed E-state index contributed by atoms with van der Waals surface area (Å²) in [6.45, 7) is 0. The number of carbonyl (C=O) groups excluding carboxylic acids is 1. The van der Waals surface area contributed by atoms with E-state index in [4.69, 9.17) is 0 Å². The normalized spacial score (nSPS) is 14.0. The van der Waals surface area contributed by atoms with Crippen molar-refractivity contribution in [2.75, 3.05) is 19.0 Å². The number of rotatable bonds is 2. The van der Waals surface area contributed by atoms with E-state index in [1.54, 1.807) is 0 Å². The van der Waals surface area contributed by atoms with Crippen LogP contribution < -0.4 is 4.90 Å². The Hall–Kier alpha value is -2.09. The molecule has 0 unspecified atom stereocenters. The molecule has 0 saturated carbocycles. The summed E-state index contributed by atoms with van der Waals surface area (Å²) < 4.78 is 0. The fraction of sp³-hybridized carbons (Fsp3) is 0.278. The molecular formula is C18H19NO. The molecule has 1 aliphatic rings. The SMILES string of the molecule is CN(C)c1ccccc1-c1ccc2c(c1)C(=O)CCC2. The highest BCUT2D eigenvalue weighted by atomic mass is 16.1. The molecule has 3 rings (SSSR count). The fourth-order valence-electron chi connectivity index (χ4n) is 2.90. The lowest BCUT2D eigenvalue weighted by molar-refractivity contribution is 0.0972. The van der Waals surface area contributed by atoms with Gasteiger partial charge in [-0.05, 0) is 36.1 Å². The third-order valence-corrected chi connectivity index (χ3v) is 3.96. The lowest BCUT2D eigenvalue weighted by atomic mass is 9.88. The highest BCUT2D eigenvalue weighted by Gasteiger charge is 2.18. The summed E-state index contributed by atoms with van der Waals surface area (Å²) in [5, 5.41) is 0. The van der Waals surface area contributed by atoms with E-state index in [1.807, 2.05) is 26.2 Å². The van der Waals surface area contributed by atoms with Gasteiger partial charge in [-0.15, -0.1) is 0 Å². The van der Waals surface area contributed by atoms with Crippen molar-refractivity contribution in [2.24, 2.45) is 0 Å². The molecule has 0 fully saturated rings. The number of para-hydroxylation sites is 1. The highest BCUT2D eigenvalue weighted by Crippen LogP contribution is 2.32. The Balaban J connectivity index is 2.12. The average Bonchev–Trinajstić information content (AvgIpc) is 2.47. The second kappa shape index (κ2) is 5.12. The van der Waals surface area contributed by atoms with Crippen LogP contribution in [0.25, 0.3) is 11.1 Å². The van der Waals surface area contributed by atoms with Crippen LogP contribution in [0, 0.1) is 0 Å². The number of carbonyl (C=O) groups is 1. The molecule has 20 heavy (non-hydrogen) atoms. The minimum atomic E-state index is 0.287. The topological polar surface area (TPSA) is 20.3 Å². The molecular weight excluding hydrogens is 246 g/mol. The van der Waals surface area contributed by atoms with Gasteiger partial charge in [0, 0.05) is 37.3 Å². The molecule has 0 amide bonds. The molecule has 0 spiro atoms. The second-order valence-corrected chi connectivity index (χ2v) is 5.56. The van der Waals surface area contributed by atoms with Gasteiger partial charge in [-0.1, -0.05) is 30.3 Å². The van der Waals surface area contributed by atoms with Crippen molar-refractivity contribution in [1.29, 1.82) is 0 Å². The molecule has 0 aliphatic heterocycles. The molecule has 0 saturated heterocycles. The zero-order chi connectivity index (χ0) is 14.1. The van der Waals surface area contributed by atoms with E-state index in [2.05, 4.69) is 35.2 Å². The monoisotopic (exact) mass is 265 g/mol. The number of nitrogens with zero attached hydrogens (tertiary/aromatic N) is 1. The Bertz CT molecular complexity index is 658. The smallest absolute Gasteiger partial charge is 0.163 e. The Morgan fingerprint density at radius 3 is 2.55 bits per heavy atom. The van der Waals surface area contributed by atoms with E-state index in [9.17, 15) is 4.79 Å². The van der Waals surface area contributed by atoms with Crippen molar-refractivity contribution in [1.82, 2.24) is 0 Å². The molecule has 0 N–H and O–H groups in total. The average molecular weight is 265 g/mol. The molecule has 1 aliphatic carbocycles. The summed E-state index contributed by atoms with van der Waals surface area (Å²) >= 11 is 0. The lowest BCUT2D eigenvalue weighted by Gasteiger charge is -2.20. The summed E-state index contributed by atoms with van der Waals surface area (Å²) in [6, 6.07) is 14.6. The van der Waals surface area contributed by atoms with Crippen LogP contribution >= 0.6 is 0 Å². The van der Waals surface area contributed by atoms with Crippen LogP contribution in [-0.2, 0) is 6.42 Å². The van der Waals surface area contributed by atoms with Crippen molar-refractivity contribution in [2.45, 2.75) is 19.3 Å². The number of ketones is 1. The van der Waals surface area contributed by atoms with Crippen molar-refractivity contribution in [3.8, 4) is 11.1 Å². The first kappa shape index (κ1) is 12.9. The van der Waals surface area contributed by atoms with Crippen molar-refractivity contribution < 1.29 is 4.79 Å². The van der Waals surface area contributed by atoms with E-state index in [0.717, 1.165) is 24.0 Å².